The Balaban J connectivity index is 1.35. The summed E-state index contributed by atoms with van der Waals surface area (Å²) in [6.07, 6.45) is 4.17. The standard InChI is InChI=1S/C45H29N5/c1-3-10-41-29(2)34-11-6-8-15-42(34)49(41)33-19-21-35(32(25-33)28-48)36-12-4-5-13-37(36)38-14-7-9-16-43(38)50-44-22-18-30(26-46)23-40(44)39-20-17-31(27-47)24-45(39)50/h3-25H,1-2H3/b10-3-. The molecule has 0 saturated carbocycles. The monoisotopic (exact) mass is 639 g/mol. The van der Waals surface area contributed by atoms with E-state index >= 15 is 0 Å². The molecular weight excluding hydrogens is 611 g/mol. The van der Waals surface area contributed by atoms with Gasteiger partial charge in [0.2, 0.25) is 0 Å². The van der Waals surface area contributed by atoms with Gasteiger partial charge in [0.15, 0.2) is 0 Å². The lowest BCUT2D eigenvalue weighted by atomic mass is 9.91. The molecule has 8 aromatic rings. The van der Waals surface area contributed by atoms with Gasteiger partial charge in [0.1, 0.15) is 0 Å². The van der Waals surface area contributed by atoms with E-state index in [4.69, 9.17) is 0 Å². The normalized spacial score (nSPS) is 11.3. The number of aromatic nitrogens is 2. The number of nitrogens with zero attached hydrogens (tertiary/aromatic N) is 5. The Hall–Kier alpha value is -7.13. The Morgan fingerprint density at radius 1 is 0.520 bits per heavy atom. The Morgan fingerprint density at radius 3 is 1.94 bits per heavy atom. The van der Waals surface area contributed by atoms with Crippen molar-refractivity contribution in [3.8, 4) is 51.8 Å². The topological polar surface area (TPSA) is 81.2 Å². The molecule has 234 valence electrons. The maximum Gasteiger partial charge on any atom is 0.0998 e. The number of hydrogen-bond donors (Lipinski definition) is 0. The number of fused-ring (bicyclic) bond motifs is 4. The fourth-order valence-electron chi connectivity index (χ4n) is 7.32. The summed E-state index contributed by atoms with van der Waals surface area (Å²) in [6.45, 7) is 4.16. The molecule has 0 atom stereocenters. The molecule has 0 spiro atoms. The predicted molar refractivity (Wildman–Crippen MR) is 202 cm³/mol. The molecule has 50 heavy (non-hydrogen) atoms. The lowest BCUT2D eigenvalue weighted by Crippen LogP contribution is -2.00. The van der Waals surface area contributed by atoms with Crippen LogP contribution in [0.1, 0.15) is 34.9 Å². The quantitative estimate of drug-likeness (QED) is 0.188. The molecule has 0 radical (unpaired) electrons. The summed E-state index contributed by atoms with van der Waals surface area (Å²) >= 11 is 0. The van der Waals surface area contributed by atoms with Crippen LogP contribution in [0, 0.1) is 40.9 Å². The van der Waals surface area contributed by atoms with Gasteiger partial charge < -0.3 is 9.13 Å². The lowest BCUT2D eigenvalue weighted by molar-refractivity contribution is 1.09. The number of allylic oxidation sites excluding steroid dienone is 1. The van der Waals surface area contributed by atoms with Gasteiger partial charge in [-0.3, -0.25) is 0 Å². The summed E-state index contributed by atoms with van der Waals surface area (Å²) in [5.74, 6) is 0. The van der Waals surface area contributed by atoms with Gasteiger partial charge in [0.25, 0.3) is 0 Å². The zero-order chi connectivity index (χ0) is 34.4. The second-order valence-corrected chi connectivity index (χ2v) is 12.3. The molecule has 0 bridgehead atoms. The predicted octanol–water partition coefficient (Wildman–Crippen LogP) is 11.0. The van der Waals surface area contributed by atoms with Gasteiger partial charge in [0.05, 0.1) is 57.1 Å². The van der Waals surface area contributed by atoms with Crippen LogP contribution < -0.4 is 0 Å². The van der Waals surface area contributed by atoms with Gasteiger partial charge >= 0.3 is 0 Å². The first kappa shape index (κ1) is 30.2. The van der Waals surface area contributed by atoms with Gasteiger partial charge in [-0.25, -0.2) is 0 Å². The van der Waals surface area contributed by atoms with E-state index < -0.39 is 0 Å². The van der Waals surface area contributed by atoms with E-state index in [2.05, 4.69) is 94.9 Å². The van der Waals surface area contributed by atoms with Gasteiger partial charge in [-0.2, -0.15) is 15.8 Å². The van der Waals surface area contributed by atoms with E-state index in [9.17, 15) is 15.8 Å². The summed E-state index contributed by atoms with van der Waals surface area (Å²) < 4.78 is 4.40. The molecule has 2 heterocycles. The van der Waals surface area contributed by atoms with E-state index in [0.717, 1.165) is 66.6 Å². The zero-order valence-corrected chi connectivity index (χ0v) is 27.5. The van der Waals surface area contributed by atoms with Crippen LogP contribution in [0.3, 0.4) is 0 Å². The fraction of sp³-hybridized carbons (Fsp3) is 0.0444. The molecule has 0 unspecified atom stereocenters. The minimum atomic E-state index is 0.557. The number of benzene rings is 6. The Kier molecular flexibility index (Phi) is 7.34. The van der Waals surface area contributed by atoms with E-state index in [1.807, 2.05) is 85.8 Å². The maximum atomic E-state index is 10.6. The molecule has 0 fully saturated rings. The highest BCUT2D eigenvalue weighted by Crippen LogP contribution is 2.41. The molecule has 2 aromatic heterocycles. The second kappa shape index (κ2) is 12.1. The first-order chi connectivity index (χ1) is 24.6. The number of hydrogen-bond acceptors (Lipinski definition) is 3. The highest BCUT2D eigenvalue weighted by atomic mass is 15.0. The van der Waals surface area contributed by atoms with Gasteiger partial charge in [-0.15, -0.1) is 0 Å². The van der Waals surface area contributed by atoms with Crippen molar-refractivity contribution >= 4 is 38.8 Å². The van der Waals surface area contributed by atoms with Gasteiger partial charge in [-0.05, 0) is 91.2 Å². The third-order valence-corrected chi connectivity index (χ3v) is 9.56. The van der Waals surface area contributed by atoms with Crippen molar-refractivity contribution in [2.45, 2.75) is 13.8 Å². The van der Waals surface area contributed by atoms with Crippen molar-refractivity contribution in [2.75, 3.05) is 0 Å². The summed E-state index contributed by atoms with van der Waals surface area (Å²) in [4.78, 5) is 0. The van der Waals surface area contributed by atoms with Crippen molar-refractivity contribution in [3.63, 3.8) is 0 Å². The zero-order valence-electron chi connectivity index (χ0n) is 27.5. The average molecular weight is 640 g/mol. The molecule has 0 amide bonds. The largest absolute Gasteiger partial charge is 0.310 e. The van der Waals surface area contributed by atoms with Crippen molar-refractivity contribution in [2.24, 2.45) is 0 Å². The number of rotatable bonds is 5. The highest BCUT2D eigenvalue weighted by Gasteiger charge is 2.20. The van der Waals surface area contributed by atoms with Crippen LogP contribution in [-0.2, 0) is 0 Å². The second-order valence-electron chi connectivity index (χ2n) is 12.3. The average Bonchev–Trinajstić information content (AvgIpc) is 3.64. The lowest BCUT2D eigenvalue weighted by Gasteiger charge is -2.18. The SMILES string of the molecule is C/C=C\c1c(C)c2ccccc2n1-c1ccc(-c2ccccc2-c2ccccc2-n2c3ccc(C#N)cc3c3ccc(C#N)cc32)c(C#N)c1. The smallest absolute Gasteiger partial charge is 0.0998 e. The van der Waals surface area contributed by atoms with Crippen molar-refractivity contribution in [1.29, 1.82) is 15.8 Å². The van der Waals surface area contributed by atoms with E-state index in [-0.39, 0.29) is 0 Å². The Labute approximate surface area is 290 Å². The van der Waals surface area contributed by atoms with Crippen LogP contribution in [0.2, 0.25) is 0 Å². The van der Waals surface area contributed by atoms with Gasteiger partial charge in [0, 0.05) is 38.7 Å². The number of aryl methyl sites for hydroxylation is 1. The van der Waals surface area contributed by atoms with Crippen molar-refractivity contribution < 1.29 is 0 Å². The first-order valence-corrected chi connectivity index (χ1v) is 16.4. The minimum absolute atomic E-state index is 0.557. The first-order valence-electron chi connectivity index (χ1n) is 16.4. The summed E-state index contributed by atoms with van der Waals surface area (Å²) in [6, 6.07) is 49.4. The molecule has 0 aliphatic rings. The van der Waals surface area contributed by atoms with Gasteiger partial charge in [-0.1, -0.05) is 78.9 Å². The fourth-order valence-corrected chi connectivity index (χ4v) is 7.32. The Bertz CT molecular complexity index is 2820. The van der Waals surface area contributed by atoms with E-state index in [1.165, 1.54) is 10.9 Å². The van der Waals surface area contributed by atoms with Crippen molar-refractivity contribution in [1.82, 2.24) is 9.13 Å². The summed E-state index contributed by atoms with van der Waals surface area (Å²) in [5.41, 5.74) is 12.5. The number of nitriles is 3. The maximum absolute atomic E-state index is 10.6. The van der Waals surface area contributed by atoms with E-state index in [0.29, 0.717) is 16.7 Å². The Morgan fingerprint density at radius 2 is 1.18 bits per heavy atom. The molecule has 8 rings (SSSR count). The molecule has 0 aliphatic heterocycles. The van der Waals surface area contributed by atoms with E-state index in [1.54, 1.807) is 0 Å². The van der Waals surface area contributed by atoms with Crippen LogP contribution in [0.5, 0.6) is 0 Å². The highest BCUT2D eigenvalue weighted by molar-refractivity contribution is 6.10. The summed E-state index contributed by atoms with van der Waals surface area (Å²) in [5, 5.41) is 33.2. The molecule has 5 nitrogen and oxygen atoms in total. The minimum Gasteiger partial charge on any atom is -0.310 e. The third-order valence-electron chi connectivity index (χ3n) is 9.56. The molecular formula is C45H29N5. The summed E-state index contributed by atoms with van der Waals surface area (Å²) in [7, 11) is 0. The number of para-hydroxylation sites is 2. The third kappa shape index (κ3) is 4.68. The molecule has 0 aliphatic carbocycles. The molecule has 5 heteroatoms. The molecule has 0 N–H and O–H groups in total. The molecule has 6 aromatic carbocycles. The van der Waals surface area contributed by atoms with Crippen LogP contribution in [-0.4, -0.2) is 9.13 Å². The van der Waals surface area contributed by atoms with Crippen LogP contribution in [0.4, 0.5) is 0 Å². The molecule has 0 saturated heterocycles. The van der Waals surface area contributed by atoms with Crippen LogP contribution >= 0.6 is 0 Å². The van der Waals surface area contributed by atoms with Crippen molar-refractivity contribution in [3.05, 3.63) is 161 Å². The van der Waals surface area contributed by atoms with Crippen LogP contribution in [0.15, 0.2) is 133 Å². The van der Waals surface area contributed by atoms with Crippen LogP contribution in [0.25, 0.3) is 72.4 Å².